The third-order valence-corrected chi connectivity index (χ3v) is 4.18. The van der Waals surface area contributed by atoms with Gasteiger partial charge in [0.15, 0.2) is 5.82 Å². The van der Waals surface area contributed by atoms with Crippen LogP contribution in [0.1, 0.15) is 17.7 Å². The number of amides is 1. The van der Waals surface area contributed by atoms with Crippen molar-refractivity contribution in [2.24, 2.45) is 0 Å². The lowest BCUT2D eigenvalue weighted by molar-refractivity contribution is -0.116. The second kappa shape index (κ2) is 6.25. The molecule has 0 aliphatic rings. The van der Waals surface area contributed by atoms with E-state index in [2.05, 4.69) is 26.2 Å². The Kier molecular flexibility index (Phi) is 4.66. The summed E-state index contributed by atoms with van der Waals surface area (Å²) in [5, 5.41) is 4.48. The van der Waals surface area contributed by atoms with Gasteiger partial charge in [-0.3, -0.25) is 4.79 Å². The summed E-state index contributed by atoms with van der Waals surface area (Å²) >= 11 is 4.74. The van der Waals surface area contributed by atoms with E-state index in [1.54, 1.807) is 24.6 Å². The Morgan fingerprint density at radius 3 is 3.00 bits per heavy atom. The van der Waals surface area contributed by atoms with Crippen molar-refractivity contribution in [3.8, 4) is 0 Å². The van der Waals surface area contributed by atoms with Gasteiger partial charge in [0, 0.05) is 21.8 Å². The van der Waals surface area contributed by atoms with Crippen LogP contribution in [0.25, 0.3) is 0 Å². The first-order valence-corrected chi connectivity index (χ1v) is 7.43. The first-order chi connectivity index (χ1) is 9.08. The second-order valence-electron chi connectivity index (χ2n) is 4.06. The van der Waals surface area contributed by atoms with Crippen LogP contribution in [0.2, 0.25) is 0 Å². The highest BCUT2D eigenvalue weighted by Crippen LogP contribution is 2.25. The summed E-state index contributed by atoms with van der Waals surface area (Å²) in [6.07, 6.45) is 0.852. The molecule has 1 aromatic carbocycles. The summed E-state index contributed by atoms with van der Waals surface area (Å²) in [4.78, 5) is 15.8. The number of anilines is 1. The third-order valence-electron chi connectivity index (χ3n) is 2.69. The summed E-state index contributed by atoms with van der Waals surface area (Å²) in [6.45, 7) is 1.66. The largest absolute Gasteiger partial charge is 0.324 e. The van der Waals surface area contributed by atoms with Crippen LogP contribution in [0.5, 0.6) is 0 Å². The minimum absolute atomic E-state index is 0.212. The fraction of sp³-hybridized carbons (Fsp3) is 0.231. The van der Waals surface area contributed by atoms with Crippen LogP contribution in [0.4, 0.5) is 10.1 Å². The quantitative estimate of drug-likeness (QED) is 0.914. The lowest BCUT2D eigenvalue weighted by atomic mass is 10.2. The number of hydrogen-bond donors (Lipinski definition) is 1. The van der Waals surface area contributed by atoms with Crippen LogP contribution in [-0.2, 0) is 11.2 Å². The van der Waals surface area contributed by atoms with Gasteiger partial charge in [0.05, 0.1) is 16.9 Å². The number of rotatable bonds is 4. The normalized spacial score (nSPS) is 10.5. The van der Waals surface area contributed by atoms with Crippen LogP contribution >= 0.6 is 27.3 Å². The zero-order chi connectivity index (χ0) is 13.8. The van der Waals surface area contributed by atoms with Gasteiger partial charge in [-0.1, -0.05) is 15.9 Å². The van der Waals surface area contributed by atoms with Crippen LogP contribution in [0.3, 0.4) is 0 Å². The van der Waals surface area contributed by atoms with Crippen molar-refractivity contribution < 1.29 is 9.18 Å². The lowest BCUT2D eigenvalue weighted by Crippen LogP contribution is -2.14. The topological polar surface area (TPSA) is 42.0 Å². The van der Waals surface area contributed by atoms with Crippen molar-refractivity contribution >= 4 is 38.9 Å². The molecule has 2 aromatic rings. The monoisotopic (exact) mass is 342 g/mol. The van der Waals surface area contributed by atoms with Crippen molar-refractivity contribution in [2.45, 2.75) is 19.8 Å². The molecule has 1 heterocycles. The highest BCUT2D eigenvalue weighted by atomic mass is 79.9. The van der Waals surface area contributed by atoms with Gasteiger partial charge in [-0.25, -0.2) is 9.37 Å². The van der Waals surface area contributed by atoms with Crippen molar-refractivity contribution in [1.29, 1.82) is 0 Å². The predicted octanol–water partition coefficient (Wildman–Crippen LogP) is 3.92. The van der Waals surface area contributed by atoms with Crippen LogP contribution in [0.15, 0.2) is 27.5 Å². The van der Waals surface area contributed by atoms with E-state index < -0.39 is 5.82 Å². The fourth-order valence-electron chi connectivity index (χ4n) is 1.57. The predicted molar refractivity (Wildman–Crippen MR) is 77.9 cm³/mol. The Morgan fingerprint density at radius 1 is 1.53 bits per heavy atom. The number of nitrogens with one attached hydrogen (secondary N) is 1. The number of nitrogens with zero attached hydrogens (tertiary/aromatic N) is 1. The van der Waals surface area contributed by atoms with E-state index in [0.717, 1.165) is 5.69 Å². The fourth-order valence-corrected chi connectivity index (χ4v) is 2.47. The summed E-state index contributed by atoms with van der Waals surface area (Å²) in [5.41, 5.74) is 3.30. The summed E-state index contributed by atoms with van der Waals surface area (Å²) in [5.74, 6) is -0.620. The van der Waals surface area contributed by atoms with Crippen LogP contribution in [-0.4, -0.2) is 10.9 Å². The molecule has 1 aromatic heterocycles. The highest BCUT2D eigenvalue weighted by molar-refractivity contribution is 9.10. The van der Waals surface area contributed by atoms with Gasteiger partial charge in [-0.05, 0) is 25.5 Å². The third kappa shape index (κ3) is 3.61. The van der Waals surface area contributed by atoms with E-state index in [0.29, 0.717) is 16.5 Å². The minimum Gasteiger partial charge on any atom is -0.324 e. The smallest absolute Gasteiger partial charge is 0.224 e. The zero-order valence-corrected chi connectivity index (χ0v) is 12.6. The average Bonchev–Trinajstić information content (AvgIpc) is 2.90. The SMILES string of the molecule is Cc1c(Br)ccc(NC(=O)CCc2cscn2)c1F. The van der Waals surface area contributed by atoms with Gasteiger partial charge >= 0.3 is 0 Å². The standard InChI is InChI=1S/C13H12BrFN2OS/c1-8-10(14)3-4-11(13(8)15)17-12(18)5-2-9-6-19-7-16-9/h3-4,6-7H,2,5H2,1H3,(H,17,18). The summed E-state index contributed by atoms with van der Waals surface area (Å²) < 4.78 is 14.6. The van der Waals surface area contributed by atoms with Crippen molar-refractivity contribution in [3.63, 3.8) is 0 Å². The first-order valence-electron chi connectivity index (χ1n) is 5.69. The molecule has 0 aliphatic carbocycles. The van der Waals surface area contributed by atoms with Gasteiger partial charge in [-0.15, -0.1) is 11.3 Å². The molecule has 0 aliphatic heterocycles. The molecule has 100 valence electrons. The second-order valence-corrected chi connectivity index (χ2v) is 5.63. The molecule has 0 unspecified atom stereocenters. The summed E-state index contributed by atoms with van der Waals surface area (Å²) in [6, 6.07) is 3.27. The Bertz CT molecular complexity index is 587. The number of hydrogen-bond acceptors (Lipinski definition) is 3. The molecule has 0 saturated heterocycles. The molecule has 2 rings (SSSR count). The van der Waals surface area contributed by atoms with E-state index in [9.17, 15) is 9.18 Å². The minimum atomic E-state index is -0.406. The zero-order valence-electron chi connectivity index (χ0n) is 10.2. The highest BCUT2D eigenvalue weighted by Gasteiger charge is 2.11. The molecular weight excluding hydrogens is 331 g/mol. The molecule has 0 atom stereocenters. The number of thiazole rings is 1. The molecule has 1 N–H and O–H groups in total. The molecule has 0 fully saturated rings. The van der Waals surface area contributed by atoms with Crippen molar-refractivity contribution in [1.82, 2.24) is 4.98 Å². The van der Waals surface area contributed by atoms with Gasteiger partial charge in [-0.2, -0.15) is 0 Å². The maximum absolute atomic E-state index is 13.9. The molecule has 3 nitrogen and oxygen atoms in total. The van der Waals surface area contributed by atoms with Crippen LogP contribution < -0.4 is 5.32 Å². The van der Waals surface area contributed by atoms with Gasteiger partial charge < -0.3 is 5.32 Å². The molecular formula is C13H12BrFN2OS. The Labute approximate surface area is 123 Å². The van der Waals surface area contributed by atoms with E-state index in [1.807, 2.05) is 5.38 Å². The molecule has 0 saturated carbocycles. The van der Waals surface area contributed by atoms with Gasteiger partial charge in [0.2, 0.25) is 5.91 Å². The van der Waals surface area contributed by atoms with E-state index in [-0.39, 0.29) is 18.0 Å². The van der Waals surface area contributed by atoms with E-state index in [4.69, 9.17) is 0 Å². The number of carbonyl (C=O) groups excluding carboxylic acids is 1. The van der Waals surface area contributed by atoms with Crippen LogP contribution in [0, 0.1) is 12.7 Å². The average molecular weight is 343 g/mol. The number of aromatic nitrogens is 1. The first kappa shape index (κ1) is 14.1. The maximum atomic E-state index is 13.9. The molecule has 0 radical (unpaired) electrons. The maximum Gasteiger partial charge on any atom is 0.224 e. The molecule has 1 amide bonds. The lowest BCUT2D eigenvalue weighted by Gasteiger charge is -2.08. The molecule has 6 heteroatoms. The summed E-state index contributed by atoms with van der Waals surface area (Å²) in [7, 11) is 0. The molecule has 0 bridgehead atoms. The van der Waals surface area contributed by atoms with Crippen molar-refractivity contribution in [2.75, 3.05) is 5.32 Å². The number of benzene rings is 1. The number of halogens is 2. The number of carbonyl (C=O) groups is 1. The number of aryl methyl sites for hydroxylation is 1. The van der Waals surface area contributed by atoms with E-state index >= 15 is 0 Å². The Morgan fingerprint density at radius 2 is 2.32 bits per heavy atom. The van der Waals surface area contributed by atoms with Gasteiger partial charge in [0.25, 0.3) is 0 Å². The molecule has 0 spiro atoms. The van der Waals surface area contributed by atoms with Gasteiger partial charge in [0.1, 0.15) is 0 Å². The van der Waals surface area contributed by atoms with Crippen molar-refractivity contribution in [3.05, 3.63) is 44.6 Å². The molecule has 19 heavy (non-hydrogen) atoms. The Hall–Kier alpha value is -1.27. The Balaban J connectivity index is 1.97. The van der Waals surface area contributed by atoms with E-state index in [1.165, 1.54) is 11.3 Å².